The summed E-state index contributed by atoms with van der Waals surface area (Å²) in [6, 6.07) is 4.67. The van der Waals surface area contributed by atoms with E-state index in [-0.39, 0.29) is 23.1 Å². The van der Waals surface area contributed by atoms with Crippen molar-refractivity contribution in [2.45, 2.75) is 4.90 Å². The van der Waals surface area contributed by atoms with Gasteiger partial charge in [-0.3, -0.25) is 9.69 Å². The van der Waals surface area contributed by atoms with Crippen LogP contribution in [0.4, 0.5) is 5.69 Å². The zero-order valence-electron chi connectivity index (χ0n) is 15.4. The number of sulfonamides is 1. The Morgan fingerprint density at radius 2 is 1.93 bits per heavy atom. The molecule has 2 saturated heterocycles. The molecule has 0 unspecified atom stereocenters. The molecule has 0 atom stereocenters. The summed E-state index contributed by atoms with van der Waals surface area (Å²) in [7, 11) is -2.31. The topological polar surface area (TPSA) is 100 Å². The lowest BCUT2D eigenvalue weighted by molar-refractivity contribution is -0.117. The number of methoxy groups -OCH3 is 1. The van der Waals surface area contributed by atoms with Gasteiger partial charge in [0.2, 0.25) is 15.9 Å². The first-order valence-corrected chi connectivity index (χ1v) is 10.4. The summed E-state index contributed by atoms with van der Waals surface area (Å²) in [5.41, 5.74) is 0.433. The number of amides is 1. The van der Waals surface area contributed by atoms with Crippen molar-refractivity contribution in [3.63, 3.8) is 0 Å². The van der Waals surface area contributed by atoms with E-state index in [0.29, 0.717) is 32.0 Å². The SMILES string of the molecule is COc1ccc(NC(=O)CN2CCNCC2)cc1S(=O)(=O)N1CCOCC1. The summed E-state index contributed by atoms with van der Waals surface area (Å²) < 4.78 is 37.8. The minimum Gasteiger partial charge on any atom is -0.495 e. The van der Waals surface area contributed by atoms with Crippen LogP contribution >= 0.6 is 0 Å². The third-order valence-electron chi connectivity index (χ3n) is 4.61. The van der Waals surface area contributed by atoms with Gasteiger partial charge in [0.05, 0.1) is 26.9 Å². The Kier molecular flexibility index (Phi) is 6.66. The Morgan fingerprint density at radius 1 is 1.22 bits per heavy atom. The fraction of sp³-hybridized carbons (Fsp3) is 0.588. The highest BCUT2D eigenvalue weighted by atomic mass is 32.2. The van der Waals surface area contributed by atoms with Crippen LogP contribution in [0.15, 0.2) is 23.1 Å². The maximum atomic E-state index is 13.0. The molecule has 2 heterocycles. The molecule has 0 spiro atoms. The predicted octanol–water partition coefficient (Wildman–Crippen LogP) is -0.440. The Labute approximate surface area is 159 Å². The molecule has 2 N–H and O–H groups in total. The van der Waals surface area contributed by atoms with Crippen molar-refractivity contribution >= 4 is 21.6 Å². The van der Waals surface area contributed by atoms with Gasteiger partial charge in [0.25, 0.3) is 0 Å². The van der Waals surface area contributed by atoms with E-state index < -0.39 is 10.0 Å². The molecular weight excluding hydrogens is 372 g/mol. The van der Waals surface area contributed by atoms with E-state index in [9.17, 15) is 13.2 Å². The Balaban J connectivity index is 1.75. The van der Waals surface area contributed by atoms with Gasteiger partial charge in [-0.1, -0.05) is 0 Å². The van der Waals surface area contributed by atoms with Crippen LogP contribution < -0.4 is 15.4 Å². The van der Waals surface area contributed by atoms with Crippen molar-refractivity contribution < 1.29 is 22.7 Å². The fourth-order valence-corrected chi connectivity index (χ4v) is 4.74. The second-order valence-electron chi connectivity index (χ2n) is 6.46. The number of carbonyl (C=O) groups excluding carboxylic acids is 1. The lowest BCUT2D eigenvalue weighted by Crippen LogP contribution is -2.46. The number of carbonyl (C=O) groups is 1. The number of anilines is 1. The number of rotatable bonds is 6. The third-order valence-corrected chi connectivity index (χ3v) is 6.53. The van der Waals surface area contributed by atoms with Gasteiger partial charge in [0.15, 0.2) is 0 Å². The van der Waals surface area contributed by atoms with E-state index in [1.54, 1.807) is 12.1 Å². The van der Waals surface area contributed by atoms with Crippen molar-refractivity contribution in [1.29, 1.82) is 0 Å². The molecule has 10 heteroatoms. The lowest BCUT2D eigenvalue weighted by Gasteiger charge is -2.27. The van der Waals surface area contributed by atoms with Crippen molar-refractivity contribution in [3.05, 3.63) is 18.2 Å². The van der Waals surface area contributed by atoms with Gasteiger partial charge >= 0.3 is 0 Å². The molecule has 9 nitrogen and oxygen atoms in total. The average Bonchev–Trinajstić information content (AvgIpc) is 2.69. The minimum atomic E-state index is -3.73. The van der Waals surface area contributed by atoms with Crippen molar-refractivity contribution in [2.75, 3.05) is 71.5 Å². The molecule has 27 heavy (non-hydrogen) atoms. The van der Waals surface area contributed by atoms with Crippen LogP contribution in [0, 0.1) is 0 Å². The van der Waals surface area contributed by atoms with Crippen LogP contribution in [0.25, 0.3) is 0 Å². The minimum absolute atomic E-state index is 0.0480. The average molecular weight is 398 g/mol. The summed E-state index contributed by atoms with van der Waals surface area (Å²) >= 11 is 0. The Bertz CT molecular complexity index is 759. The molecule has 150 valence electrons. The van der Waals surface area contributed by atoms with E-state index in [2.05, 4.69) is 15.5 Å². The van der Waals surface area contributed by atoms with E-state index in [1.807, 2.05) is 0 Å². The molecule has 0 bridgehead atoms. The normalized spacial score (nSPS) is 19.6. The molecule has 2 aliphatic rings. The number of morpholine rings is 1. The molecule has 1 amide bonds. The molecule has 1 aromatic carbocycles. The third kappa shape index (κ3) is 4.96. The molecular formula is C17H26N4O5S. The van der Waals surface area contributed by atoms with Crippen LogP contribution in [-0.2, 0) is 19.6 Å². The van der Waals surface area contributed by atoms with Crippen molar-refractivity contribution in [1.82, 2.24) is 14.5 Å². The van der Waals surface area contributed by atoms with E-state index in [1.165, 1.54) is 17.5 Å². The second kappa shape index (κ2) is 8.98. The van der Waals surface area contributed by atoms with Crippen molar-refractivity contribution in [2.24, 2.45) is 0 Å². The van der Waals surface area contributed by atoms with Gasteiger partial charge in [0.1, 0.15) is 10.6 Å². The highest BCUT2D eigenvalue weighted by Crippen LogP contribution is 2.30. The van der Waals surface area contributed by atoms with E-state index in [4.69, 9.17) is 9.47 Å². The van der Waals surface area contributed by atoms with E-state index >= 15 is 0 Å². The monoisotopic (exact) mass is 398 g/mol. The zero-order valence-corrected chi connectivity index (χ0v) is 16.3. The van der Waals surface area contributed by atoms with Crippen LogP contribution in [-0.4, -0.2) is 89.7 Å². The first-order valence-electron chi connectivity index (χ1n) is 8.99. The number of hydrogen-bond donors (Lipinski definition) is 2. The molecule has 0 saturated carbocycles. The van der Waals surface area contributed by atoms with Gasteiger partial charge in [-0.05, 0) is 18.2 Å². The summed E-state index contributed by atoms with van der Waals surface area (Å²) in [6.45, 7) is 4.94. The van der Waals surface area contributed by atoms with Crippen LogP contribution in [0.5, 0.6) is 5.75 Å². The number of nitrogens with one attached hydrogen (secondary N) is 2. The van der Waals surface area contributed by atoms with Crippen molar-refractivity contribution in [3.8, 4) is 5.75 Å². The first-order chi connectivity index (χ1) is 13.0. The van der Waals surface area contributed by atoms with Gasteiger partial charge in [-0.25, -0.2) is 8.42 Å². The van der Waals surface area contributed by atoms with Crippen LogP contribution in [0.3, 0.4) is 0 Å². The van der Waals surface area contributed by atoms with Gasteiger partial charge in [-0.15, -0.1) is 0 Å². The van der Waals surface area contributed by atoms with Crippen LogP contribution in [0.1, 0.15) is 0 Å². The standard InChI is InChI=1S/C17H26N4O5S/c1-25-15-3-2-14(19-17(22)13-20-6-4-18-5-7-20)12-16(15)27(23,24)21-8-10-26-11-9-21/h2-3,12,18H,4-11,13H2,1H3,(H,19,22). The number of ether oxygens (including phenoxy) is 2. The molecule has 3 rings (SSSR count). The van der Waals surface area contributed by atoms with E-state index in [0.717, 1.165) is 26.2 Å². The molecule has 2 fully saturated rings. The Hall–Kier alpha value is -1.72. The molecule has 0 radical (unpaired) electrons. The smallest absolute Gasteiger partial charge is 0.246 e. The summed E-state index contributed by atoms with van der Waals surface area (Å²) in [5, 5.41) is 6.03. The van der Waals surface area contributed by atoms with Gasteiger partial charge in [-0.2, -0.15) is 4.31 Å². The second-order valence-corrected chi connectivity index (χ2v) is 8.36. The first kappa shape index (κ1) is 20.0. The predicted molar refractivity (Wildman–Crippen MR) is 101 cm³/mol. The fourth-order valence-electron chi connectivity index (χ4n) is 3.15. The molecule has 0 aliphatic carbocycles. The number of nitrogens with zero attached hydrogens (tertiary/aromatic N) is 2. The summed E-state index contributed by atoms with van der Waals surface area (Å²) in [4.78, 5) is 14.4. The lowest BCUT2D eigenvalue weighted by atomic mass is 10.3. The largest absolute Gasteiger partial charge is 0.495 e. The van der Waals surface area contributed by atoms with Gasteiger partial charge < -0.3 is 20.1 Å². The quantitative estimate of drug-likeness (QED) is 0.670. The highest BCUT2D eigenvalue weighted by Gasteiger charge is 2.29. The zero-order chi connectivity index (χ0) is 19.3. The van der Waals surface area contributed by atoms with Gasteiger partial charge in [0, 0.05) is 45.0 Å². The Morgan fingerprint density at radius 3 is 2.59 bits per heavy atom. The highest BCUT2D eigenvalue weighted by molar-refractivity contribution is 7.89. The molecule has 0 aromatic heterocycles. The molecule has 1 aromatic rings. The molecule has 2 aliphatic heterocycles. The van der Waals surface area contributed by atoms with Crippen LogP contribution in [0.2, 0.25) is 0 Å². The summed E-state index contributed by atoms with van der Waals surface area (Å²) in [6.07, 6.45) is 0. The maximum Gasteiger partial charge on any atom is 0.246 e. The maximum absolute atomic E-state index is 13.0. The number of benzene rings is 1. The summed E-state index contributed by atoms with van der Waals surface area (Å²) in [5.74, 6) is 0.0818. The number of hydrogen-bond acceptors (Lipinski definition) is 7. The number of piperazine rings is 1.